The second-order valence-electron chi connectivity index (χ2n) is 3.48. The molecule has 0 aliphatic rings. The van der Waals surface area contributed by atoms with Gasteiger partial charge in [0, 0.05) is 39.3 Å². The van der Waals surface area contributed by atoms with Crippen molar-refractivity contribution < 1.29 is 29.3 Å². The van der Waals surface area contributed by atoms with Gasteiger partial charge in [0.25, 0.3) is 0 Å². The highest BCUT2D eigenvalue weighted by Gasteiger charge is 1.95. The highest BCUT2D eigenvalue weighted by atomic mass is 16.7. The lowest BCUT2D eigenvalue weighted by molar-refractivity contribution is 0.0913. The zero-order chi connectivity index (χ0) is 14.3. The molecule has 9 heteroatoms. The smallest absolute Gasteiger partial charge is 0.450 e. The van der Waals surface area contributed by atoms with Crippen molar-refractivity contribution >= 4 is 12.3 Å². The molecule has 0 spiro atoms. The Hall–Kier alpha value is -1.58. The van der Waals surface area contributed by atoms with Crippen molar-refractivity contribution in [3.05, 3.63) is 0 Å². The molecule has 0 aliphatic carbocycles. The predicted octanol–water partition coefficient (Wildman–Crippen LogP) is -0.856. The predicted molar refractivity (Wildman–Crippen MR) is 66.6 cm³/mol. The molecule has 9 nitrogen and oxygen atoms in total. The van der Waals surface area contributed by atoms with Crippen molar-refractivity contribution in [2.75, 3.05) is 52.5 Å². The topological polar surface area (TPSA) is 129 Å². The molecule has 0 atom stereocenters. The summed E-state index contributed by atoms with van der Waals surface area (Å²) in [5.41, 5.74) is 0. The Kier molecular flexibility index (Phi) is 11.8. The molecule has 0 aromatic carbocycles. The van der Waals surface area contributed by atoms with Crippen molar-refractivity contribution in [2.45, 2.75) is 0 Å². The minimum absolute atomic E-state index is 0.139. The standard InChI is InChI=1S/C10H21N3O6/c14-9(15)18-7-5-12-3-1-11-2-4-13-6-8-19-10(16)17/h11-13H,1-8H2,(H,14,15)(H,16,17). The maximum Gasteiger partial charge on any atom is 0.505 e. The van der Waals surface area contributed by atoms with Gasteiger partial charge in [-0.3, -0.25) is 0 Å². The molecule has 0 saturated carbocycles. The highest BCUT2D eigenvalue weighted by Crippen LogP contribution is 1.74. The fourth-order valence-corrected chi connectivity index (χ4v) is 1.15. The molecule has 0 aliphatic heterocycles. The molecule has 0 unspecified atom stereocenters. The molecular formula is C10H21N3O6. The molecule has 0 aromatic heterocycles. The van der Waals surface area contributed by atoms with Crippen LogP contribution in [0.15, 0.2) is 0 Å². The molecule has 0 rings (SSSR count). The fourth-order valence-electron chi connectivity index (χ4n) is 1.15. The van der Waals surface area contributed by atoms with Crippen LogP contribution in [0.1, 0.15) is 0 Å². The van der Waals surface area contributed by atoms with Gasteiger partial charge in [0.05, 0.1) is 0 Å². The summed E-state index contributed by atoms with van der Waals surface area (Å²) in [6, 6.07) is 0. The Balaban J connectivity index is 2.99. The molecule has 5 N–H and O–H groups in total. The quantitative estimate of drug-likeness (QED) is 0.229. The average Bonchev–Trinajstić information content (AvgIpc) is 2.34. The summed E-state index contributed by atoms with van der Waals surface area (Å²) in [5.74, 6) is 0. The van der Waals surface area contributed by atoms with Crippen LogP contribution >= 0.6 is 0 Å². The second-order valence-corrected chi connectivity index (χ2v) is 3.48. The van der Waals surface area contributed by atoms with E-state index in [2.05, 4.69) is 25.4 Å². The first-order valence-corrected chi connectivity index (χ1v) is 5.96. The minimum Gasteiger partial charge on any atom is -0.450 e. The van der Waals surface area contributed by atoms with Crippen LogP contribution in [0, 0.1) is 0 Å². The van der Waals surface area contributed by atoms with E-state index in [-0.39, 0.29) is 13.2 Å². The fraction of sp³-hybridized carbons (Fsp3) is 0.800. The van der Waals surface area contributed by atoms with Gasteiger partial charge in [0.15, 0.2) is 0 Å². The molecule has 0 bridgehead atoms. The summed E-state index contributed by atoms with van der Waals surface area (Å²) >= 11 is 0. The Morgan fingerprint density at radius 3 is 1.32 bits per heavy atom. The molecular weight excluding hydrogens is 258 g/mol. The lowest BCUT2D eigenvalue weighted by Gasteiger charge is -2.07. The molecule has 0 fully saturated rings. The van der Waals surface area contributed by atoms with E-state index in [4.69, 9.17) is 10.2 Å². The van der Waals surface area contributed by atoms with Gasteiger partial charge in [-0.25, -0.2) is 9.59 Å². The number of hydrogen-bond acceptors (Lipinski definition) is 7. The number of carbonyl (C=O) groups is 2. The maximum atomic E-state index is 10.0. The molecule has 0 heterocycles. The first-order valence-electron chi connectivity index (χ1n) is 5.96. The van der Waals surface area contributed by atoms with E-state index in [9.17, 15) is 9.59 Å². The van der Waals surface area contributed by atoms with Crippen LogP contribution in [0.5, 0.6) is 0 Å². The van der Waals surface area contributed by atoms with Gasteiger partial charge < -0.3 is 35.6 Å². The molecule has 0 amide bonds. The Morgan fingerprint density at radius 2 is 1.00 bits per heavy atom. The third-order valence-electron chi connectivity index (χ3n) is 1.97. The van der Waals surface area contributed by atoms with E-state index in [0.29, 0.717) is 26.2 Å². The van der Waals surface area contributed by atoms with Gasteiger partial charge in [-0.15, -0.1) is 0 Å². The van der Waals surface area contributed by atoms with E-state index in [0.717, 1.165) is 13.1 Å². The van der Waals surface area contributed by atoms with Gasteiger partial charge >= 0.3 is 12.3 Å². The van der Waals surface area contributed by atoms with Crippen molar-refractivity contribution in [1.29, 1.82) is 0 Å². The highest BCUT2D eigenvalue weighted by molar-refractivity contribution is 5.56. The van der Waals surface area contributed by atoms with Gasteiger partial charge in [0.2, 0.25) is 0 Å². The number of nitrogens with one attached hydrogen (secondary N) is 3. The van der Waals surface area contributed by atoms with Gasteiger partial charge in [-0.2, -0.15) is 0 Å². The zero-order valence-electron chi connectivity index (χ0n) is 10.7. The third-order valence-corrected chi connectivity index (χ3v) is 1.97. The van der Waals surface area contributed by atoms with Crippen LogP contribution in [0.3, 0.4) is 0 Å². The maximum absolute atomic E-state index is 10.0. The van der Waals surface area contributed by atoms with Crippen LogP contribution < -0.4 is 16.0 Å². The summed E-state index contributed by atoms with van der Waals surface area (Å²) in [7, 11) is 0. The van der Waals surface area contributed by atoms with Crippen molar-refractivity contribution in [1.82, 2.24) is 16.0 Å². The van der Waals surface area contributed by atoms with E-state index < -0.39 is 12.3 Å². The van der Waals surface area contributed by atoms with Crippen LogP contribution in [0.2, 0.25) is 0 Å². The molecule has 0 aromatic rings. The molecule has 0 radical (unpaired) electrons. The summed E-state index contributed by atoms with van der Waals surface area (Å²) in [6.45, 7) is 4.18. The number of rotatable bonds is 12. The molecule has 19 heavy (non-hydrogen) atoms. The van der Waals surface area contributed by atoms with Gasteiger partial charge in [-0.1, -0.05) is 0 Å². The molecule has 112 valence electrons. The van der Waals surface area contributed by atoms with Crippen molar-refractivity contribution in [3.63, 3.8) is 0 Å². The minimum atomic E-state index is -1.27. The third kappa shape index (κ3) is 16.4. The zero-order valence-corrected chi connectivity index (χ0v) is 10.7. The largest absolute Gasteiger partial charge is 0.505 e. The lowest BCUT2D eigenvalue weighted by atomic mass is 10.5. The Labute approximate surface area is 111 Å². The summed E-state index contributed by atoms with van der Waals surface area (Å²) in [6.07, 6.45) is -2.53. The van der Waals surface area contributed by atoms with Crippen molar-refractivity contribution in [2.24, 2.45) is 0 Å². The number of carboxylic acid groups (broad SMARTS) is 2. The Morgan fingerprint density at radius 1 is 0.684 bits per heavy atom. The Bertz CT molecular complexity index is 227. The van der Waals surface area contributed by atoms with E-state index in [1.54, 1.807) is 0 Å². The average molecular weight is 279 g/mol. The van der Waals surface area contributed by atoms with Crippen LogP contribution in [0.25, 0.3) is 0 Å². The van der Waals surface area contributed by atoms with Crippen LogP contribution in [0.4, 0.5) is 9.59 Å². The van der Waals surface area contributed by atoms with Crippen LogP contribution in [-0.2, 0) is 9.47 Å². The SMILES string of the molecule is O=C(O)OCCNCCNCCNCCOC(=O)O. The van der Waals surface area contributed by atoms with Gasteiger partial charge in [-0.05, 0) is 0 Å². The summed E-state index contributed by atoms with van der Waals surface area (Å²) in [4.78, 5) is 20.0. The van der Waals surface area contributed by atoms with E-state index in [1.807, 2.05) is 0 Å². The van der Waals surface area contributed by atoms with Gasteiger partial charge in [0.1, 0.15) is 13.2 Å². The molecule has 0 saturated heterocycles. The summed E-state index contributed by atoms with van der Waals surface area (Å²) in [5, 5.41) is 25.6. The number of hydrogen-bond donors (Lipinski definition) is 5. The first kappa shape index (κ1) is 17.4. The van der Waals surface area contributed by atoms with Crippen molar-refractivity contribution in [3.8, 4) is 0 Å². The van der Waals surface area contributed by atoms with E-state index >= 15 is 0 Å². The number of ether oxygens (including phenoxy) is 2. The monoisotopic (exact) mass is 279 g/mol. The van der Waals surface area contributed by atoms with Crippen LogP contribution in [-0.4, -0.2) is 75.0 Å². The summed E-state index contributed by atoms with van der Waals surface area (Å²) < 4.78 is 8.62. The lowest BCUT2D eigenvalue weighted by Crippen LogP contribution is -2.34. The van der Waals surface area contributed by atoms with E-state index in [1.165, 1.54) is 0 Å². The second kappa shape index (κ2) is 12.9. The normalized spacial score (nSPS) is 10.1. The first-order chi connectivity index (χ1) is 9.13.